The zero-order valence-corrected chi connectivity index (χ0v) is 23.1. The van der Waals surface area contributed by atoms with E-state index in [9.17, 15) is 9.59 Å². The molecular formula is C31H36N8O2. The first kappa shape index (κ1) is 25.8. The topological polar surface area (TPSA) is 121 Å². The summed E-state index contributed by atoms with van der Waals surface area (Å²) in [6, 6.07) is 11.6. The number of benzene rings is 1. The van der Waals surface area contributed by atoms with Gasteiger partial charge in [0.1, 0.15) is 17.8 Å². The quantitative estimate of drug-likeness (QED) is 0.430. The number of aromatic nitrogens is 3. The van der Waals surface area contributed by atoms with Crippen LogP contribution in [0.1, 0.15) is 84.0 Å². The molecule has 3 fully saturated rings. The van der Waals surface area contributed by atoms with E-state index in [2.05, 4.69) is 20.2 Å². The first-order chi connectivity index (χ1) is 20.0. The minimum Gasteiger partial charge on any atom is -0.370 e. The normalized spacial score (nSPS) is 21.9. The van der Waals surface area contributed by atoms with E-state index in [1.165, 1.54) is 18.4 Å². The maximum atomic E-state index is 13.1. The second kappa shape index (κ2) is 10.7. The molecule has 3 aliphatic heterocycles. The molecule has 0 radical (unpaired) electrons. The number of amides is 3. The van der Waals surface area contributed by atoms with Gasteiger partial charge in [-0.1, -0.05) is 12.1 Å². The monoisotopic (exact) mass is 552 g/mol. The zero-order chi connectivity index (χ0) is 27.9. The maximum Gasteiger partial charge on any atom is 0.320 e. The Kier molecular flexibility index (Phi) is 6.70. The SMILES string of the molecule is NC1NC=Cn2c(C3CCCN(C(=O)N4CCCC4)C3)nc(-c3ccc(C(=O)Nc4cc(C5CC5)ccn4)cc3)c21. The van der Waals surface area contributed by atoms with Crippen molar-refractivity contribution in [1.29, 1.82) is 0 Å². The Morgan fingerprint density at radius 2 is 1.73 bits per heavy atom. The fourth-order valence-electron chi connectivity index (χ4n) is 6.34. The summed E-state index contributed by atoms with van der Waals surface area (Å²) in [4.78, 5) is 39.6. The summed E-state index contributed by atoms with van der Waals surface area (Å²) < 4.78 is 2.09. The van der Waals surface area contributed by atoms with Crippen molar-refractivity contribution in [3.63, 3.8) is 0 Å². The highest BCUT2D eigenvalue weighted by atomic mass is 16.2. The summed E-state index contributed by atoms with van der Waals surface area (Å²) in [5.74, 6) is 2.00. The summed E-state index contributed by atoms with van der Waals surface area (Å²) in [6.07, 6.45) is 11.6. The number of hydrogen-bond donors (Lipinski definition) is 3. The Labute approximate surface area is 239 Å². The Morgan fingerprint density at radius 1 is 0.951 bits per heavy atom. The number of rotatable bonds is 5. The highest BCUT2D eigenvalue weighted by molar-refractivity contribution is 6.04. The number of piperidine rings is 1. The Bertz CT molecular complexity index is 1490. The third-order valence-corrected chi connectivity index (χ3v) is 8.70. The van der Waals surface area contributed by atoms with Crippen LogP contribution >= 0.6 is 0 Å². The van der Waals surface area contributed by atoms with Crippen LogP contribution in [0, 0.1) is 0 Å². The van der Waals surface area contributed by atoms with Gasteiger partial charge in [0.15, 0.2) is 0 Å². The molecule has 1 aromatic carbocycles. The molecule has 3 amide bonds. The van der Waals surface area contributed by atoms with E-state index < -0.39 is 6.17 Å². The molecule has 4 aliphatic rings. The standard InChI is InChI=1S/C31H36N8O2/c32-28-27-26(21-7-9-22(10-8-21)30(40)35-25-18-23(11-12-33-25)20-5-6-20)36-29(39(27)17-13-34-28)24-4-3-16-38(19-24)31(41)37-14-1-2-15-37/h7-13,17-18,20,24,28,34H,1-6,14-16,19,32H2,(H,33,35,40). The molecular weight excluding hydrogens is 516 g/mol. The molecule has 5 heterocycles. The number of anilines is 1. The lowest BCUT2D eigenvalue weighted by molar-refractivity contribution is 0.102. The molecule has 2 saturated heterocycles. The Morgan fingerprint density at radius 3 is 2.51 bits per heavy atom. The molecule has 2 atom stereocenters. The van der Waals surface area contributed by atoms with Gasteiger partial charge in [0.2, 0.25) is 0 Å². The molecule has 1 saturated carbocycles. The van der Waals surface area contributed by atoms with E-state index in [0.29, 0.717) is 23.8 Å². The summed E-state index contributed by atoms with van der Waals surface area (Å²) in [5.41, 5.74) is 10.9. The molecule has 0 spiro atoms. The van der Waals surface area contributed by atoms with E-state index in [0.717, 1.165) is 68.1 Å². The van der Waals surface area contributed by atoms with E-state index >= 15 is 0 Å². The van der Waals surface area contributed by atoms with Crippen LogP contribution in [-0.4, -0.2) is 62.5 Å². The Balaban J connectivity index is 1.12. The highest BCUT2D eigenvalue weighted by Gasteiger charge is 2.34. The van der Waals surface area contributed by atoms with Crippen LogP contribution in [0.2, 0.25) is 0 Å². The van der Waals surface area contributed by atoms with Gasteiger partial charge < -0.3 is 30.7 Å². The van der Waals surface area contributed by atoms with Crippen molar-refractivity contribution in [2.24, 2.45) is 5.73 Å². The van der Waals surface area contributed by atoms with Crippen molar-refractivity contribution in [2.75, 3.05) is 31.5 Å². The number of carbonyl (C=O) groups excluding carboxylic acids is 2. The number of fused-ring (bicyclic) bond motifs is 1. The predicted molar refractivity (Wildman–Crippen MR) is 157 cm³/mol. The maximum absolute atomic E-state index is 13.1. The molecule has 0 bridgehead atoms. The summed E-state index contributed by atoms with van der Waals surface area (Å²) in [7, 11) is 0. The molecule has 1 aliphatic carbocycles. The molecule has 7 rings (SSSR count). The van der Waals surface area contributed by atoms with E-state index in [4.69, 9.17) is 10.7 Å². The summed E-state index contributed by atoms with van der Waals surface area (Å²) in [6.45, 7) is 3.14. The number of likely N-dealkylation sites (tertiary alicyclic amines) is 2. The molecule has 4 N–H and O–H groups in total. The number of hydrogen-bond acceptors (Lipinski definition) is 6. The molecule has 2 aromatic heterocycles. The lowest BCUT2D eigenvalue weighted by atomic mass is 9.97. The van der Waals surface area contributed by atoms with Crippen molar-refractivity contribution in [3.8, 4) is 11.3 Å². The molecule has 212 valence electrons. The summed E-state index contributed by atoms with van der Waals surface area (Å²) >= 11 is 0. The van der Waals surface area contributed by atoms with Gasteiger partial charge in [-0.25, -0.2) is 14.8 Å². The molecule has 2 unspecified atom stereocenters. The fraction of sp³-hybridized carbons (Fsp3) is 0.419. The molecule has 41 heavy (non-hydrogen) atoms. The highest BCUT2D eigenvalue weighted by Crippen LogP contribution is 2.40. The first-order valence-corrected chi connectivity index (χ1v) is 14.8. The van der Waals surface area contributed by atoms with Crippen molar-refractivity contribution in [1.82, 2.24) is 29.7 Å². The smallest absolute Gasteiger partial charge is 0.320 e. The third kappa shape index (κ3) is 5.08. The van der Waals surface area contributed by atoms with Crippen LogP contribution in [0.5, 0.6) is 0 Å². The molecule has 10 nitrogen and oxygen atoms in total. The third-order valence-electron chi connectivity index (χ3n) is 8.70. The van der Waals surface area contributed by atoms with Gasteiger partial charge in [-0.3, -0.25) is 4.79 Å². The van der Waals surface area contributed by atoms with Crippen molar-refractivity contribution in [2.45, 2.75) is 56.5 Å². The minimum absolute atomic E-state index is 0.113. The van der Waals surface area contributed by atoms with Gasteiger partial charge >= 0.3 is 6.03 Å². The number of nitrogens with zero attached hydrogens (tertiary/aromatic N) is 5. The number of nitrogens with two attached hydrogens (primary N) is 1. The second-order valence-electron chi connectivity index (χ2n) is 11.6. The number of pyridine rings is 1. The largest absolute Gasteiger partial charge is 0.370 e. The fourth-order valence-corrected chi connectivity index (χ4v) is 6.34. The van der Waals surface area contributed by atoms with Crippen LogP contribution in [-0.2, 0) is 0 Å². The van der Waals surface area contributed by atoms with Gasteiger partial charge in [0.05, 0.1) is 11.4 Å². The van der Waals surface area contributed by atoms with Gasteiger partial charge in [-0.15, -0.1) is 0 Å². The van der Waals surface area contributed by atoms with Gasteiger partial charge in [0.25, 0.3) is 5.91 Å². The van der Waals surface area contributed by atoms with Crippen molar-refractivity contribution in [3.05, 3.63) is 71.4 Å². The van der Waals surface area contributed by atoms with Crippen molar-refractivity contribution < 1.29 is 9.59 Å². The first-order valence-electron chi connectivity index (χ1n) is 14.8. The zero-order valence-electron chi connectivity index (χ0n) is 23.1. The second-order valence-corrected chi connectivity index (χ2v) is 11.6. The lowest BCUT2D eigenvalue weighted by Crippen LogP contribution is -2.46. The number of urea groups is 1. The molecule has 10 heteroatoms. The van der Waals surface area contributed by atoms with Crippen molar-refractivity contribution >= 4 is 24.0 Å². The minimum atomic E-state index is -0.421. The van der Waals surface area contributed by atoms with E-state index in [1.54, 1.807) is 6.20 Å². The van der Waals surface area contributed by atoms with Crippen LogP contribution in [0.3, 0.4) is 0 Å². The average molecular weight is 553 g/mol. The van der Waals surface area contributed by atoms with Gasteiger partial charge in [-0.05, 0) is 74.3 Å². The lowest BCUT2D eigenvalue weighted by Gasteiger charge is -2.35. The number of carbonyl (C=O) groups is 2. The van der Waals surface area contributed by atoms with Gasteiger partial charge in [0, 0.05) is 61.8 Å². The van der Waals surface area contributed by atoms with Crippen LogP contribution in [0.25, 0.3) is 17.5 Å². The number of nitrogens with one attached hydrogen (secondary N) is 2. The van der Waals surface area contributed by atoms with Crippen LogP contribution < -0.4 is 16.4 Å². The van der Waals surface area contributed by atoms with E-state index in [-0.39, 0.29) is 17.9 Å². The number of imidazole rings is 1. The van der Waals surface area contributed by atoms with Crippen LogP contribution in [0.15, 0.2) is 48.8 Å². The van der Waals surface area contributed by atoms with Crippen LogP contribution in [0.4, 0.5) is 10.6 Å². The average Bonchev–Trinajstić information content (AvgIpc) is 3.56. The predicted octanol–water partition coefficient (Wildman–Crippen LogP) is 4.46. The molecule has 3 aromatic rings. The summed E-state index contributed by atoms with van der Waals surface area (Å²) in [5, 5.41) is 6.13. The van der Waals surface area contributed by atoms with Gasteiger partial charge in [-0.2, -0.15) is 0 Å². The Hall–Kier alpha value is -4.18. The van der Waals surface area contributed by atoms with E-state index in [1.807, 2.05) is 58.6 Å².